The van der Waals surface area contributed by atoms with Crippen molar-refractivity contribution in [3.8, 4) is 0 Å². The van der Waals surface area contributed by atoms with Gasteiger partial charge in [-0.15, -0.1) is 23.2 Å². The summed E-state index contributed by atoms with van der Waals surface area (Å²) in [7, 11) is 0. The molecule has 3 atom stereocenters. The molecule has 0 aromatic rings. The molecule has 0 aromatic heterocycles. The van der Waals surface area contributed by atoms with Gasteiger partial charge in [-0.2, -0.15) is 0 Å². The Kier molecular flexibility index (Phi) is 2.60. The summed E-state index contributed by atoms with van der Waals surface area (Å²) in [4.78, 5) is 0. The molecule has 0 N–H and O–H groups in total. The quantitative estimate of drug-likeness (QED) is 0.515. The maximum atomic E-state index is 6.62. The lowest BCUT2D eigenvalue weighted by molar-refractivity contribution is 0.183. The van der Waals surface area contributed by atoms with Gasteiger partial charge in [0.1, 0.15) is 4.33 Å². The minimum absolute atomic E-state index is 0.0895. The van der Waals surface area contributed by atoms with Crippen LogP contribution in [0.4, 0.5) is 0 Å². The maximum absolute atomic E-state index is 6.62. The van der Waals surface area contributed by atoms with E-state index in [1.807, 2.05) is 0 Å². The number of hydrogen-bond acceptors (Lipinski definition) is 0. The Morgan fingerprint density at radius 2 is 1.83 bits per heavy atom. The van der Waals surface area contributed by atoms with Crippen LogP contribution < -0.4 is 0 Å². The Morgan fingerprint density at radius 3 is 2.50 bits per heavy atom. The van der Waals surface area contributed by atoms with Crippen molar-refractivity contribution in [2.45, 2.75) is 51.3 Å². The van der Waals surface area contributed by atoms with E-state index in [0.29, 0.717) is 11.8 Å². The van der Waals surface area contributed by atoms with Crippen LogP contribution in [0, 0.1) is 22.7 Å². The lowest BCUT2D eigenvalue weighted by Crippen LogP contribution is -2.31. The zero-order valence-electron chi connectivity index (χ0n) is 11.7. The van der Waals surface area contributed by atoms with Crippen LogP contribution in [0.1, 0.15) is 47.0 Å². The molecule has 0 aliphatic heterocycles. The van der Waals surface area contributed by atoms with Crippen LogP contribution in [0.25, 0.3) is 0 Å². The highest BCUT2D eigenvalue weighted by Crippen LogP contribution is 2.78. The number of allylic oxidation sites excluding steroid dienone is 4. The monoisotopic (exact) mass is 284 g/mol. The van der Waals surface area contributed by atoms with Gasteiger partial charge in [0.05, 0.1) is 0 Å². The molecule has 1 fully saturated rings. The predicted octanol–water partition coefficient (Wildman–Crippen LogP) is 5.51. The lowest BCUT2D eigenvalue weighted by atomic mass is 9.66. The third-order valence-electron chi connectivity index (χ3n) is 5.71. The first-order valence-electron chi connectivity index (χ1n) is 6.97. The zero-order valence-corrected chi connectivity index (χ0v) is 13.2. The Morgan fingerprint density at radius 1 is 1.17 bits per heavy atom. The Hall–Kier alpha value is 0.0600. The third kappa shape index (κ3) is 1.45. The van der Waals surface area contributed by atoms with Gasteiger partial charge in [0.15, 0.2) is 0 Å². The summed E-state index contributed by atoms with van der Waals surface area (Å²) in [6, 6.07) is 0. The van der Waals surface area contributed by atoms with Gasteiger partial charge in [-0.05, 0) is 43.1 Å². The molecule has 0 aromatic carbocycles. The van der Waals surface area contributed by atoms with Crippen molar-refractivity contribution in [2.24, 2.45) is 22.7 Å². The Labute approximate surface area is 120 Å². The minimum Gasteiger partial charge on any atom is -0.101 e. The van der Waals surface area contributed by atoms with Crippen LogP contribution in [0.15, 0.2) is 23.3 Å². The molecule has 0 spiro atoms. The fraction of sp³-hybridized carbons (Fsp3) is 0.750. The van der Waals surface area contributed by atoms with Gasteiger partial charge in [0.2, 0.25) is 0 Å². The minimum atomic E-state index is -0.530. The lowest BCUT2D eigenvalue weighted by Gasteiger charge is -2.38. The highest BCUT2D eigenvalue weighted by molar-refractivity contribution is 6.52. The van der Waals surface area contributed by atoms with Gasteiger partial charge in [-0.1, -0.05) is 38.5 Å². The summed E-state index contributed by atoms with van der Waals surface area (Å²) in [5.41, 5.74) is 3.34. The van der Waals surface area contributed by atoms with Crippen molar-refractivity contribution in [2.75, 3.05) is 0 Å². The van der Waals surface area contributed by atoms with Gasteiger partial charge < -0.3 is 0 Å². The van der Waals surface area contributed by atoms with Crippen molar-refractivity contribution in [3.63, 3.8) is 0 Å². The zero-order chi connectivity index (χ0) is 13.3. The van der Waals surface area contributed by atoms with E-state index in [0.717, 1.165) is 6.42 Å². The van der Waals surface area contributed by atoms with Crippen LogP contribution in [0.3, 0.4) is 0 Å². The first kappa shape index (κ1) is 13.1. The molecule has 0 saturated heterocycles. The highest BCUT2D eigenvalue weighted by Gasteiger charge is 2.77. The summed E-state index contributed by atoms with van der Waals surface area (Å²) in [5, 5.41) is 0. The van der Waals surface area contributed by atoms with Crippen molar-refractivity contribution in [1.29, 1.82) is 0 Å². The van der Waals surface area contributed by atoms with Crippen LogP contribution >= 0.6 is 23.2 Å². The van der Waals surface area contributed by atoms with E-state index in [4.69, 9.17) is 23.2 Å². The number of fused-ring (bicyclic) bond motifs is 3. The number of halogens is 2. The van der Waals surface area contributed by atoms with Gasteiger partial charge in [-0.25, -0.2) is 0 Å². The number of hydrogen-bond donors (Lipinski definition) is 0. The Balaban J connectivity index is 2.10. The number of rotatable bonds is 0. The van der Waals surface area contributed by atoms with E-state index in [2.05, 4.69) is 39.8 Å². The molecule has 2 heteroatoms. The van der Waals surface area contributed by atoms with E-state index in [9.17, 15) is 0 Å². The topological polar surface area (TPSA) is 0 Å². The third-order valence-corrected chi connectivity index (χ3v) is 7.04. The Bertz CT molecular complexity index is 456. The van der Waals surface area contributed by atoms with E-state index in [-0.39, 0.29) is 10.8 Å². The molecule has 0 bridgehead atoms. The second kappa shape index (κ2) is 3.58. The fourth-order valence-electron chi connectivity index (χ4n) is 4.30. The van der Waals surface area contributed by atoms with Gasteiger partial charge >= 0.3 is 0 Å². The first-order chi connectivity index (χ1) is 8.22. The maximum Gasteiger partial charge on any atom is 0.128 e. The first-order valence-corrected chi connectivity index (χ1v) is 7.72. The molecule has 1 saturated carbocycles. The molecule has 3 aliphatic rings. The van der Waals surface area contributed by atoms with Gasteiger partial charge in [0, 0.05) is 11.3 Å². The SMILES string of the molecule is CC1=CCCC(C)(C)[C@@H]2C1=CC[C@]1(C)[C@H]2C1(Cl)Cl. The molecule has 0 nitrogen and oxygen atoms in total. The average Bonchev–Trinajstić information content (AvgIpc) is 2.74. The molecule has 0 radical (unpaired) electrons. The molecule has 0 amide bonds. The van der Waals surface area contributed by atoms with E-state index in [1.165, 1.54) is 24.0 Å². The standard InChI is InChI=1S/C16H22Cl2/c1-10-6-5-8-14(2,3)12-11(10)7-9-15(4)13(12)16(15,17)18/h6-7,12-13H,5,8-9H2,1-4H3/t12-,13+,15-/m1/s1. The van der Waals surface area contributed by atoms with Crippen molar-refractivity contribution < 1.29 is 0 Å². The van der Waals surface area contributed by atoms with Crippen molar-refractivity contribution in [1.82, 2.24) is 0 Å². The van der Waals surface area contributed by atoms with Crippen molar-refractivity contribution in [3.05, 3.63) is 23.3 Å². The molecule has 18 heavy (non-hydrogen) atoms. The van der Waals surface area contributed by atoms with E-state index in [1.54, 1.807) is 0 Å². The van der Waals surface area contributed by atoms with Crippen LogP contribution in [0.2, 0.25) is 0 Å². The second-order valence-corrected chi connectivity index (χ2v) is 8.66. The summed E-state index contributed by atoms with van der Waals surface area (Å²) in [5.74, 6) is 0.940. The van der Waals surface area contributed by atoms with E-state index < -0.39 is 4.33 Å². The van der Waals surface area contributed by atoms with Gasteiger partial charge in [0.25, 0.3) is 0 Å². The van der Waals surface area contributed by atoms with Crippen LogP contribution in [-0.4, -0.2) is 4.33 Å². The molecular weight excluding hydrogens is 263 g/mol. The van der Waals surface area contributed by atoms with Gasteiger partial charge in [-0.3, -0.25) is 0 Å². The molecule has 0 heterocycles. The molecular formula is C16H22Cl2. The number of alkyl halides is 2. The van der Waals surface area contributed by atoms with Crippen LogP contribution in [0.5, 0.6) is 0 Å². The summed E-state index contributed by atoms with van der Waals surface area (Å²) >= 11 is 13.2. The predicted molar refractivity (Wildman–Crippen MR) is 79.0 cm³/mol. The fourth-order valence-corrected chi connectivity index (χ4v) is 5.31. The molecule has 100 valence electrons. The molecule has 3 aliphatic carbocycles. The summed E-state index contributed by atoms with van der Waals surface area (Å²) in [6.45, 7) is 9.26. The van der Waals surface area contributed by atoms with E-state index >= 15 is 0 Å². The average molecular weight is 285 g/mol. The molecule has 0 unspecified atom stereocenters. The van der Waals surface area contributed by atoms with Crippen molar-refractivity contribution >= 4 is 23.2 Å². The smallest absolute Gasteiger partial charge is 0.101 e. The summed E-state index contributed by atoms with van der Waals surface area (Å²) in [6.07, 6.45) is 8.23. The van der Waals surface area contributed by atoms with Crippen LogP contribution in [-0.2, 0) is 0 Å². The second-order valence-electron chi connectivity index (χ2n) is 7.27. The summed E-state index contributed by atoms with van der Waals surface area (Å²) < 4.78 is -0.530. The molecule has 3 rings (SSSR count). The highest BCUT2D eigenvalue weighted by atomic mass is 35.5. The normalized spacial score (nSPS) is 44.1. The largest absolute Gasteiger partial charge is 0.128 e.